The fourth-order valence-electron chi connectivity index (χ4n) is 2.74. The molecular formula is C17H25F4IN4O. The van der Waals surface area contributed by atoms with Crippen molar-refractivity contribution in [1.82, 2.24) is 15.5 Å². The molecule has 1 aromatic carbocycles. The minimum Gasteiger partial charge on any atom is -0.492 e. The van der Waals surface area contributed by atoms with Crippen LogP contribution in [0.25, 0.3) is 0 Å². The fraction of sp³-hybridized carbons (Fsp3) is 0.588. The molecule has 2 rings (SSSR count). The number of alkyl halides is 3. The second kappa shape index (κ2) is 11.5. The van der Waals surface area contributed by atoms with E-state index in [9.17, 15) is 17.6 Å². The van der Waals surface area contributed by atoms with Gasteiger partial charge in [0.25, 0.3) is 0 Å². The molecule has 1 unspecified atom stereocenters. The Morgan fingerprint density at radius 2 is 2.15 bits per heavy atom. The molecule has 0 spiro atoms. The predicted octanol–water partition coefficient (Wildman–Crippen LogP) is 3.01. The van der Waals surface area contributed by atoms with Crippen LogP contribution in [-0.4, -0.2) is 62.4 Å². The first-order valence-electron chi connectivity index (χ1n) is 8.58. The Hall–Kier alpha value is -1.30. The van der Waals surface area contributed by atoms with Crippen molar-refractivity contribution >= 4 is 29.9 Å². The zero-order chi connectivity index (χ0) is 19.0. The van der Waals surface area contributed by atoms with E-state index in [1.807, 2.05) is 6.92 Å². The summed E-state index contributed by atoms with van der Waals surface area (Å²) in [6.45, 7) is 2.99. The molecular weight excluding hydrogens is 479 g/mol. The van der Waals surface area contributed by atoms with E-state index in [4.69, 9.17) is 4.74 Å². The number of nitrogens with zero attached hydrogens (tertiary/aromatic N) is 2. The highest BCUT2D eigenvalue weighted by Crippen LogP contribution is 2.19. The summed E-state index contributed by atoms with van der Waals surface area (Å²) in [4.78, 5) is 5.73. The molecule has 1 aliphatic heterocycles. The van der Waals surface area contributed by atoms with Crippen molar-refractivity contribution in [2.75, 3.05) is 39.3 Å². The fourth-order valence-corrected chi connectivity index (χ4v) is 2.74. The van der Waals surface area contributed by atoms with Crippen LogP contribution < -0.4 is 15.4 Å². The zero-order valence-corrected chi connectivity index (χ0v) is 17.4. The molecule has 27 heavy (non-hydrogen) atoms. The highest BCUT2D eigenvalue weighted by atomic mass is 127. The first-order chi connectivity index (χ1) is 12.4. The summed E-state index contributed by atoms with van der Waals surface area (Å²) in [5.74, 6) is 0.594. The Kier molecular flexibility index (Phi) is 10.1. The van der Waals surface area contributed by atoms with Gasteiger partial charge in [-0.3, -0.25) is 4.90 Å². The summed E-state index contributed by atoms with van der Waals surface area (Å²) < 4.78 is 55.8. The maximum atomic E-state index is 13.1. The van der Waals surface area contributed by atoms with Crippen LogP contribution >= 0.6 is 24.0 Å². The lowest BCUT2D eigenvalue weighted by molar-refractivity contribution is -0.143. The van der Waals surface area contributed by atoms with E-state index in [1.54, 1.807) is 12.1 Å². The maximum Gasteiger partial charge on any atom is 0.401 e. The predicted molar refractivity (Wildman–Crippen MR) is 107 cm³/mol. The topological polar surface area (TPSA) is 48.9 Å². The standard InChI is InChI=1S/C17H24F4N4O.HI/c1-2-22-16(23-7-9-26-15-5-3-4-13(18)10-15)24-14-6-8-25(11-14)12-17(19,20)21;/h3-5,10,14H,2,6-9,11-12H2,1H3,(H2,22,23,24);1H. The molecule has 5 nitrogen and oxygen atoms in total. The van der Waals surface area contributed by atoms with Gasteiger partial charge in [0.1, 0.15) is 18.2 Å². The molecule has 0 bridgehead atoms. The lowest BCUT2D eigenvalue weighted by atomic mass is 10.3. The van der Waals surface area contributed by atoms with Crippen molar-refractivity contribution in [1.29, 1.82) is 0 Å². The summed E-state index contributed by atoms with van der Waals surface area (Å²) >= 11 is 0. The third kappa shape index (κ3) is 9.45. The summed E-state index contributed by atoms with van der Waals surface area (Å²) in [5, 5.41) is 6.22. The molecule has 1 atom stereocenters. The van der Waals surface area contributed by atoms with Crippen molar-refractivity contribution in [2.24, 2.45) is 4.99 Å². The van der Waals surface area contributed by atoms with E-state index < -0.39 is 12.7 Å². The van der Waals surface area contributed by atoms with Crippen molar-refractivity contribution in [3.8, 4) is 5.75 Å². The molecule has 2 N–H and O–H groups in total. The van der Waals surface area contributed by atoms with E-state index in [1.165, 1.54) is 17.0 Å². The third-order valence-electron chi connectivity index (χ3n) is 3.79. The Morgan fingerprint density at radius 3 is 2.81 bits per heavy atom. The second-order valence-electron chi connectivity index (χ2n) is 6.05. The highest BCUT2D eigenvalue weighted by molar-refractivity contribution is 14.0. The van der Waals surface area contributed by atoms with Crippen LogP contribution in [0.1, 0.15) is 13.3 Å². The van der Waals surface area contributed by atoms with Gasteiger partial charge >= 0.3 is 6.18 Å². The summed E-state index contributed by atoms with van der Waals surface area (Å²) in [5.41, 5.74) is 0. The van der Waals surface area contributed by atoms with E-state index >= 15 is 0 Å². The largest absolute Gasteiger partial charge is 0.492 e. The van der Waals surface area contributed by atoms with Crippen LogP contribution in [0.4, 0.5) is 17.6 Å². The van der Waals surface area contributed by atoms with Crippen LogP contribution in [0.5, 0.6) is 5.75 Å². The van der Waals surface area contributed by atoms with Crippen molar-refractivity contribution in [2.45, 2.75) is 25.6 Å². The Bertz CT molecular complexity index is 601. The van der Waals surface area contributed by atoms with Gasteiger partial charge in [-0.05, 0) is 25.5 Å². The van der Waals surface area contributed by atoms with Crippen molar-refractivity contribution < 1.29 is 22.3 Å². The molecule has 1 saturated heterocycles. The Morgan fingerprint density at radius 1 is 1.37 bits per heavy atom. The van der Waals surface area contributed by atoms with Gasteiger partial charge in [0.05, 0.1) is 13.1 Å². The van der Waals surface area contributed by atoms with Gasteiger partial charge in [-0.2, -0.15) is 13.2 Å². The molecule has 1 heterocycles. The van der Waals surface area contributed by atoms with Crippen molar-refractivity contribution in [3.05, 3.63) is 30.1 Å². The van der Waals surface area contributed by atoms with Gasteiger partial charge in [-0.1, -0.05) is 6.07 Å². The first-order valence-corrected chi connectivity index (χ1v) is 8.58. The molecule has 0 aromatic heterocycles. The Balaban J connectivity index is 0.00000364. The molecule has 10 heteroatoms. The number of aliphatic imine (C=N–C) groups is 1. The van der Waals surface area contributed by atoms with Crippen molar-refractivity contribution in [3.63, 3.8) is 0 Å². The molecule has 0 saturated carbocycles. The molecule has 0 radical (unpaired) electrons. The number of hydrogen-bond acceptors (Lipinski definition) is 3. The second-order valence-corrected chi connectivity index (χ2v) is 6.05. The summed E-state index contributed by atoms with van der Waals surface area (Å²) in [6, 6.07) is 5.76. The monoisotopic (exact) mass is 504 g/mol. The first kappa shape index (κ1) is 23.7. The number of guanidine groups is 1. The normalized spacial score (nSPS) is 18.1. The number of hydrogen-bond donors (Lipinski definition) is 2. The highest BCUT2D eigenvalue weighted by Gasteiger charge is 2.34. The van der Waals surface area contributed by atoms with Crippen LogP contribution in [0.15, 0.2) is 29.3 Å². The molecule has 0 aliphatic carbocycles. The summed E-state index contributed by atoms with van der Waals surface area (Å²) in [6.07, 6.45) is -3.55. The minimum atomic E-state index is -4.18. The lowest BCUT2D eigenvalue weighted by Crippen LogP contribution is -2.45. The van der Waals surface area contributed by atoms with E-state index in [2.05, 4.69) is 15.6 Å². The minimum absolute atomic E-state index is 0. The maximum absolute atomic E-state index is 13.1. The van der Waals surface area contributed by atoms with Crippen LogP contribution in [0.3, 0.4) is 0 Å². The van der Waals surface area contributed by atoms with Gasteiger partial charge in [0.15, 0.2) is 5.96 Å². The lowest BCUT2D eigenvalue weighted by Gasteiger charge is -2.19. The molecule has 1 aromatic rings. The Labute approximate surface area is 173 Å². The molecule has 1 fully saturated rings. The molecule has 0 amide bonds. The zero-order valence-electron chi connectivity index (χ0n) is 15.1. The average molecular weight is 504 g/mol. The summed E-state index contributed by atoms with van der Waals surface area (Å²) in [7, 11) is 0. The number of nitrogens with one attached hydrogen (secondary N) is 2. The van der Waals surface area contributed by atoms with Gasteiger partial charge in [0, 0.05) is 31.7 Å². The van der Waals surface area contributed by atoms with Gasteiger partial charge in [-0.25, -0.2) is 9.38 Å². The van der Waals surface area contributed by atoms with Gasteiger partial charge in [0.2, 0.25) is 0 Å². The molecule has 154 valence electrons. The number of likely N-dealkylation sites (tertiary alicyclic amines) is 1. The van der Waals surface area contributed by atoms with E-state index in [0.717, 1.165) is 0 Å². The van der Waals surface area contributed by atoms with E-state index in [-0.39, 0.29) is 42.4 Å². The van der Waals surface area contributed by atoms with Crippen LogP contribution in [0, 0.1) is 5.82 Å². The smallest absolute Gasteiger partial charge is 0.401 e. The van der Waals surface area contributed by atoms with E-state index in [0.29, 0.717) is 44.3 Å². The third-order valence-corrected chi connectivity index (χ3v) is 3.79. The number of benzene rings is 1. The number of halogens is 5. The van der Waals surface area contributed by atoms with Gasteiger partial charge in [-0.15, -0.1) is 24.0 Å². The van der Waals surface area contributed by atoms with Crippen LogP contribution in [0.2, 0.25) is 0 Å². The average Bonchev–Trinajstić information content (AvgIpc) is 2.96. The SMILES string of the molecule is CCNC(=NCCOc1cccc(F)c1)NC1CCN(CC(F)(F)F)C1.I. The number of ether oxygens (including phenoxy) is 1. The number of rotatable bonds is 7. The quantitative estimate of drug-likeness (QED) is 0.197. The van der Waals surface area contributed by atoms with Gasteiger partial charge < -0.3 is 15.4 Å². The van der Waals surface area contributed by atoms with Crippen LogP contribution in [-0.2, 0) is 0 Å². The molecule has 1 aliphatic rings.